The number of hydrogen-bond donors (Lipinski definition) is 1. The normalized spacial score (nSPS) is 12.8. The molecule has 1 aromatic carbocycles. The van der Waals surface area contributed by atoms with E-state index in [-0.39, 0.29) is 0 Å². The Hall–Kier alpha value is -1.23. The molecule has 2 nitrogen and oxygen atoms in total. The van der Waals surface area contributed by atoms with Gasteiger partial charge in [-0.05, 0) is 59.6 Å². The van der Waals surface area contributed by atoms with E-state index >= 15 is 0 Å². The number of benzene rings is 1. The Labute approximate surface area is 130 Å². The first-order chi connectivity index (χ1) is 9.54. The highest BCUT2D eigenvalue weighted by molar-refractivity contribution is 9.10. The molecule has 0 saturated carbocycles. The van der Waals surface area contributed by atoms with Crippen LogP contribution in [0.4, 0.5) is 0 Å². The number of thiophene rings is 1. The molecule has 2 heterocycles. The molecule has 1 atom stereocenters. The van der Waals surface area contributed by atoms with E-state index in [0.29, 0.717) is 0 Å². The fourth-order valence-corrected chi connectivity index (χ4v) is 3.77. The van der Waals surface area contributed by atoms with Crippen LogP contribution in [-0.4, -0.2) is 10.1 Å². The van der Waals surface area contributed by atoms with E-state index in [9.17, 15) is 5.11 Å². The molecule has 0 aliphatic carbocycles. The molecular weight excluding hydrogens is 334 g/mol. The van der Waals surface area contributed by atoms with Crippen molar-refractivity contribution in [1.82, 2.24) is 4.98 Å². The summed E-state index contributed by atoms with van der Waals surface area (Å²) in [5.41, 5.74) is 2.87. The summed E-state index contributed by atoms with van der Waals surface area (Å²) in [5.74, 6) is 0. The van der Waals surface area contributed by atoms with E-state index in [0.717, 1.165) is 31.5 Å². The SMILES string of the molecule is Cc1ccc2cc(C(O)c3cc(Br)c(C)s3)ccc2n1. The predicted molar refractivity (Wildman–Crippen MR) is 87.3 cm³/mol. The molecule has 0 bridgehead atoms. The lowest BCUT2D eigenvalue weighted by molar-refractivity contribution is 0.224. The Morgan fingerprint density at radius 2 is 1.95 bits per heavy atom. The summed E-state index contributed by atoms with van der Waals surface area (Å²) in [6.07, 6.45) is -0.587. The van der Waals surface area contributed by atoms with Gasteiger partial charge in [0.1, 0.15) is 6.10 Å². The molecule has 2 aromatic heterocycles. The zero-order valence-corrected chi connectivity index (χ0v) is 13.6. The van der Waals surface area contributed by atoms with Crippen molar-refractivity contribution in [3.05, 3.63) is 61.9 Å². The topological polar surface area (TPSA) is 33.1 Å². The van der Waals surface area contributed by atoms with Crippen molar-refractivity contribution in [2.24, 2.45) is 0 Å². The Morgan fingerprint density at radius 3 is 2.65 bits per heavy atom. The first kappa shape index (κ1) is 13.7. The number of aliphatic hydroxyl groups excluding tert-OH is 1. The van der Waals surface area contributed by atoms with Crippen LogP contribution in [0.15, 0.2) is 40.9 Å². The number of rotatable bonds is 2. The van der Waals surface area contributed by atoms with Crippen molar-refractivity contribution in [3.63, 3.8) is 0 Å². The van der Waals surface area contributed by atoms with Gasteiger partial charge in [0.05, 0.1) is 5.52 Å². The molecule has 1 unspecified atom stereocenters. The summed E-state index contributed by atoms with van der Waals surface area (Å²) in [5, 5.41) is 11.6. The number of fused-ring (bicyclic) bond motifs is 1. The maximum atomic E-state index is 10.5. The number of nitrogens with zero attached hydrogens (tertiary/aromatic N) is 1. The lowest BCUT2D eigenvalue weighted by Gasteiger charge is -2.10. The number of aliphatic hydroxyl groups is 1. The molecule has 0 amide bonds. The van der Waals surface area contributed by atoms with Crippen LogP contribution >= 0.6 is 27.3 Å². The number of hydrogen-bond acceptors (Lipinski definition) is 3. The minimum Gasteiger partial charge on any atom is -0.383 e. The molecule has 0 spiro atoms. The molecule has 102 valence electrons. The van der Waals surface area contributed by atoms with Crippen LogP contribution in [0.1, 0.15) is 27.1 Å². The van der Waals surface area contributed by atoms with Gasteiger partial charge >= 0.3 is 0 Å². The van der Waals surface area contributed by atoms with Crippen molar-refractivity contribution in [3.8, 4) is 0 Å². The van der Waals surface area contributed by atoms with Gasteiger partial charge in [0, 0.05) is 25.3 Å². The highest BCUT2D eigenvalue weighted by Crippen LogP contribution is 2.34. The van der Waals surface area contributed by atoms with Crippen LogP contribution in [0.2, 0.25) is 0 Å². The average Bonchev–Trinajstić information content (AvgIpc) is 2.77. The van der Waals surface area contributed by atoms with Crippen molar-refractivity contribution in [2.75, 3.05) is 0 Å². The van der Waals surface area contributed by atoms with Gasteiger partial charge in [0.2, 0.25) is 0 Å². The van der Waals surface area contributed by atoms with Gasteiger partial charge in [0.25, 0.3) is 0 Å². The lowest BCUT2D eigenvalue weighted by atomic mass is 10.0. The van der Waals surface area contributed by atoms with Crippen molar-refractivity contribution >= 4 is 38.2 Å². The quantitative estimate of drug-likeness (QED) is 0.725. The standard InChI is InChI=1S/C16H14BrNOS/c1-9-3-4-11-7-12(5-6-14(11)18-9)16(19)15-8-13(17)10(2)20-15/h3-8,16,19H,1-2H3. The van der Waals surface area contributed by atoms with Gasteiger partial charge in [-0.25, -0.2) is 0 Å². The van der Waals surface area contributed by atoms with E-state index in [1.807, 2.05) is 50.2 Å². The van der Waals surface area contributed by atoms with Gasteiger partial charge in [-0.15, -0.1) is 11.3 Å². The largest absolute Gasteiger partial charge is 0.383 e. The number of halogens is 1. The second-order valence-corrected chi connectivity index (χ2v) is 7.00. The Kier molecular flexibility index (Phi) is 3.63. The number of aryl methyl sites for hydroxylation is 2. The summed E-state index contributed by atoms with van der Waals surface area (Å²) in [6.45, 7) is 4.02. The summed E-state index contributed by atoms with van der Waals surface area (Å²) >= 11 is 5.11. The van der Waals surface area contributed by atoms with Gasteiger partial charge < -0.3 is 5.11 Å². The average molecular weight is 348 g/mol. The molecule has 1 N–H and O–H groups in total. The summed E-state index contributed by atoms with van der Waals surface area (Å²) in [4.78, 5) is 6.61. The summed E-state index contributed by atoms with van der Waals surface area (Å²) in [6, 6.07) is 11.9. The second kappa shape index (κ2) is 5.28. The molecule has 0 aliphatic heterocycles. The number of aromatic nitrogens is 1. The molecule has 0 radical (unpaired) electrons. The molecular formula is C16H14BrNOS. The van der Waals surface area contributed by atoms with Gasteiger partial charge in [0.15, 0.2) is 0 Å². The van der Waals surface area contributed by atoms with Gasteiger partial charge in [-0.2, -0.15) is 0 Å². The van der Waals surface area contributed by atoms with Crippen molar-refractivity contribution in [2.45, 2.75) is 20.0 Å². The summed E-state index contributed by atoms with van der Waals surface area (Å²) < 4.78 is 1.05. The molecule has 3 rings (SSSR count). The fraction of sp³-hybridized carbons (Fsp3) is 0.188. The van der Waals surface area contributed by atoms with Crippen LogP contribution in [0.5, 0.6) is 0 Å². The molecule has 0 aliphatic rings. The fourth-order valence-electron chi connectivity index (χ4n) is 2.20. The predicted octanol–water partition coefficient (Wildman–Crippen LogP) is 4.76. The van der Waals surface area contributed by atoms with Crippen LogP contribution < -0.4 is 0 Å². The zero-order valence-electron chi connectivity index (χ0n) is 11.2. The third-order valence-corrected chi connectivity index (χ3v) is 5.50. The van der Waals surface area contributed by atoms with E-state index in [2.05, 4.69) is 20.9 Å². The van der Waals surface area contributed by atoms with E-state index in [1.165, 1.54) is 4.88 Å². The van der Waals surface area contributed by atoms with Gasteiger partial charge in [-0.3, -0.25) is 4.98 Å². The van der Waals surface area contributed by atoms with Crippen LogP contribution in [0.25, 0.3) is 10.9 Å². The minimum absolute atomic E-state index is 0.587. The molecule has 20 heavy (non-hydrogen) atoms. The smallest absolute Gasteiger partial charge is 0.113 e. The molecule has 4 heteroatoms. The van der Waals surface area contributed by atoms with Gasteiger partial charge in [-0.1, -0.05) is 12.1 Å². The summed E-state index contributed by atoms with van der Waals surface area (Å²) in [7, 11) is 0. The third-order valence-electron chi connectivity index (χ3n) is 3.31. The first-order valence-corrected chi connectivity index (χ1v) is 7.97. The molecule has 3 aromatic rings. The van der Waals surface area contributed by atoms with Crippen molar-refractivity contribution < 1.29 is 5.11 Å². The minimum atomic E-state index is -0.587. The van der Waals surface area contributed by atoms with Crippen LogP contribution in [0, 0.1) is 13.8 Å². The third kappa shape index (κ3) is 2.51. The van der Waals surface area contributed by atoms with E-state index in [1.54, 1.807) is 11.3 Å². The molecule has 0 saturated heterocycles. The van der Waals surface area contributed by atoms with Crippen molar-refractivity contribution in [1.29, 1.82) is 0 Å². The second-order valence-electron chi connectivity index (χ2n) is 4.86. The Bertz CT molecular complexity index is 762. The highest BCUT2D eigenvalue weighted by atomic mass is 79.9. The van der Waals surface area contributed by atoms with E-state index < -0.39 is 6.10 Å². The number of pyridine rings is 1. The zero-order chi connectivity index (χ0) is 14.3. The maximum absolute atomic E-state index is 10.5. The van der Waals surface area contributed by atoms with Crippen LogP contribution in [0.3, 0.4) is 0 Å². The van der Waals surface area contributed by atoms with Crippen LogP contribution in [-0.2, 0) is 0 Å². The Balaban J connectivity index is 2.03. The molecule has 0 fully saturated rings. The lowest BCUT2D eigenvalue weighted by Crippen LogP contribution is -1.97. The maximum Gasteiger partial charge on any atom is 0.113 e. The Morgan fingerprint density at radius 1 is 1.15 bits per heavy atom. The highest BCUT2D eigenvalue weighted by Gasteiger charge is 2.15. The first-order valence-electron chi connectivity index (χ1n) is 6.36. The van der Waals surface area contributed by atoms with E-state index in [4.69, 9.17) is 0 Å². The monoisotopic (exact) mass is 347 g/mol.